The minimum Gasteiger partial charge on any atom is -0.489 e. The largest absolute Gasteiger partial charge is 0.489 e. The quantitative estimate of drug-likeness (QED) is 0.281. The van der Waals surface area contributed by atoms with Gasteiger partial charge in [0.05, 0.1) is 6.61 Å². The summed E-state index contributed by atoms with van der Waals surface area (Å²) in [5.74, 6) is -0.266. The Morgan fingerprint density at radius 1 is 1.15 bits per heavy atom. The van der Waals surface area contributed by atoms with Gasteiger partial charge in [-0.2, -0.15) is 8.42 Å². The molecule has 0 saturated carbocycles. The molecule has 1 aromatic heterocycles. The van der Waals surface area contributed by atoms with Crippen molar-refractivity contribution < 1.29 is 27.0 Å². The van der Waals surface area contributed by atoms with Crippen LogP contribution in [0.15, 0.2) is 41.4 Å². The topological polar surface area (TPSA) is 118 Å². The van der Waals surface area contributed by atoms with E-state index >= 15 is 0 Å². The van der Waals surface area contributed by atoms with Gasteiger partial charge in [-0.1, -0.05) is 6.07 Å². The Balaban J connectivity index is 2.07. The molecule has 0 unspecified atom stereocenters. The van der Waals surface area contributed by atoms with Crippen LogP contribution in [-0.2, 0) is 14.3 Å². The molecule has 0 N–H and O–H groups in total. The number of hydrogen-bond donors (Lipinski definition) is 0. The first-order valence-electron chi connectivity index (χ1n) is 7.70. The molecular weight excluding hydrogens is 364 g/mol. The Bertz CT molecular complexity index is 884. The predicted molar refractivity (Wildman–Crippen MR) is 91.9 cm³/mol. The van der Waals surface area contributed by atoms with E-state index in [-0.39, 0.29) is 36.2 Å². The van der Waals surface area contributed by atoms with Crippen LogP contribution in [-0.4, -0.2) is 38.1 Å². The van der Waals surface area contributed by atoms with Crippen molar-refractivity contribution >= 4 is 15.9 Å². The van der Waals surface area contributed by atoms with Gasteiger partial charge >= 0.3 is 15.9 Å². The van der Waals surface area contributed by atoms with Crippen LogP contribution in [0, 0.1) is 17.0 Å². The van der Waals surface area contributed by atoms with Gasteiger partial charge in [-0.05, 0) is 53.6 Å². The van der Waals surface area contributed by atoms with Crippen LogP contribution < -0.4 is 9.47 Å². The summed E-state index contributed by atoms with van der Waals surface area (Å²) in [7, 11) is -3.93. The molecule has 2 rings (SSSR count). The van der Waals surface area contributed by atoms with Crippen molar-refractivity contribution in [2.75, 3.05) is 19.8 Å². The summed E-state index contributed by atoms with van der Waals surface area (Å²) in [6.45, 7) is 3.31. The zero-order valence-corrected chi connectivity index (χ0v) is 15.1. The molecule has 0 atom stereocenters. The fourth-order valence-electron chi connectivity index (χ4n) is 2.09. The van der Waals surface area contributed by atoms with Crippen molar-refractivity contribution in [3.05, 3.63) is 52.2 Å². The fourth-order valence-corrected chi connectivity index (χ4v) is 3.12. The van der Waals surface area contributed by atoms with Gasteiger partial charge in [0, 0.05) is 0 Å². The Hall–Kier alpha value is -2.72. The number of aromatic nitrogens is 1. The third kappa shape index (κ3) is 4.90. The summed E-state index contributed by atoms with van der Waals surface area (Å²) in [4.78, 5) is 13.8. The second-order valence-corrected chi connectivity index (χ2v) is 6.67. The molecule has 1 aromatic carbocycles. The summed E-state index contributed by atoms with van der Waals surface area (Å²) >= 11 is 0. The van der Waals surface area contributed by atoms with E-state index in [1.807, 2.05) is 0 Å². The van der Waals surface area contributed by atoms with Crippen molar-refractivity contribution in [2.24, 2.45) is 0 Å². The Morgan fingerprint density at radius 2 is 1.85 bits per heavy atom. The molecule has 0 fully saturated rings. The van der Waals surface area contributed by atoms with E-state index in [4.69, 9.17) is 13.7 Å². The van der Waals surface area contributed by atoms with E-state index in [0.717, 1.165) is 5.56 Å². The normalized spacial score (nSPS) is 11.2. The zero-order chi connectivity index (χ0) is 19.2. The fraction of sp³-hybridized carbons (Fsp3) is 0.312. The summed E-state index contributed by atoms with van der Waals surface area (Å²) < 4.78 is 39.8. The molecule has 2 aromatic rings. The van der Waals surface area contributed by atoms with E-state index in [1.54, 1.807) is 26.0 Å². The smallest absolute Gasteiger partial charge is 0.406 e. The van der Waals surface area contributed by atoms with Crippen molar-refractivity contribution in [1.29, 1.82) is 0 Å². The average Bonchev–Trinajstić information content (AvgIpc) is 2.58. The van der Waals surface area contributed by atoms with Crippen LogP contribution in [0.3, 0.4) is 0 Å². The number of nitro groups is 1. The zero-order valence-electron chi connectivity index (χ0n) is 14.2. The van der Waals surface area contributed by atoms with Crippen LogP contribution in [0.5, 0.6) is 11.5 Å². The molecule has 1 heterocycles. The van der Waals surface area contributed by atoms with E-state index < -0.39 is 20.9 Å². The van der Waals surface area contributed by atoms with Gasteiger partial charge in [-0.3, -0.25) is 4.18 Å². The lowest BCUT2D eigenvalue weighted by Crippen LogP contribution is -2.13. The number of aryl methyl sites for hydroxylation is 1. The number of rotatable bonds is 9. The van der Waals surface area contributed by atoms with E-state index in [0.29, 0.717) is 0 Å². The summed E-state index contributed by atoms with van der Waals surface area (Å²) in [6.07, 6.45) is 1.29. The van der Waals surface area contributed by atoms with E-state index in [1.165, 1.54) is 24.4 Å². The van der Waals surface area contributed by atoms with Gasteiger partial charge < -0.3 is 19.6 Å². The molecule has 0 aliphatic heterocycles. The maximum absolute atomic E-state index is 12.1. The van der Waals surface area contributed by atoms with Crippen molar-refractivity contribution in [3.63, 3.8) is 0 Å². The lowest BCUT2D eigenvalue weighted by molar-refractivity contribution is -0.390. The van der Waals surface area contributed by atoms with Crippen LogP contribution in [0.1, 0.15) is 12.5 Å². The van der Waals surface area contributed by atoms with E-state index in [2.05, 4.69) is 4.98 Å². The van der Waals surface area contributed by atoms with Crippen molar-refractivity contribution in [3.8, 4) is 11.5 Å². The predicted octanol–water partition coefficient (Wildman–Crippen LogP) is 2.48. The van der Waals surface area contributed by atoms with Crippen molar-refractivity contribution in [2.45, 2.75) is 18.7 Å². The number of benzene rings is 1. The first kappa shape index (κ1) is 19.6. The van der Waals surface area contributed by atoms with Gasteiger partial charge in [-0.25, -0.2) is 0 Å². The minimum atomic E-state index is -3.93. The monoisotopic (exact) mass is 382 g/mol. The number of ether oxygens (including phenoxy) is 2. The van der Waals surface area contributed by atoms with Crippen molar-refractivity contribution in [1.82, 2.24) is 4.98 Å². The summed E-state index contributed by atoms with van der Waals surface area (Å²) in [6, 6.07) is 7.54. The highest BCUT2D eigenvalue weighted by Gasteiger charge is 2.21. The maximum atomic E-state index is 12.1. The van der Waals surface area contributed by atoms with Gasteiger partial charge in [0.2, 0.25) is 5.75 Å². The molecule has 9 nitrogen and oxygen atoms in total. The second kappa shape index (κ2) is 8.59. The molecular formula is C16H18N2O7S. The van der Waals surface area contributed by atoms with Crippen LogP contribution in [0.4, 0.5) is 5.82 Å². The van der Waals surface area contributed by atoms with Gasteiger partial charge in [0.1, 0.15) is 30.1 Å². The molecule has 0 aliphatic carbocycles. The standard InChI is InChI=1S/C16H18N2O7S/c1-3-25-26(21,22)15-7-6-12(2)11-14(15)24-10-9-23-13-5-4-8-17-16(13)18(19)20/h4-8,11H,3,9-10H2,1-2H3. The SMILES string of the molecule is CCOS(=O)(=O)c1ccc(C)cc1OCCOc1cccnc1[N+](=O)[O-]. The number of hydrogen-bond acceptors (Lipinski definition) is 8. The first-order chi connectivity index (χ1) is 12.3. The summed E-state index contributed by atoms with van der Waals surface area (Å²) in [5.41, 5.74) is 0.805. The molecule has 10 heteroatoms. The first-order valence-corrected chi connectivity index (χ1v) is 9.11. The lowest BCUT2D eigenvalue weighted by Gasteiger charge is -2.13. The molecule has 0 radical (unpaired) electrons. The van der Waals surface area contributed by atoms with Crippen LogP contribution >= 0.6 is 0 Å². The third-order valence-corrected chi connectivity index (χ3v) is 4.59. The highest BCUT2D eigenvalue weighted by Crippen LogP contribution is 2.27. The van der Waals surface area contributed by atoms with Crippen LogP contribution in [0.2, 0.25) is 0 Å². The average molecular weight is 382 g/mol. The molecule has 26 heavy (non-hydrogen) atoms. The molecule has 0 spiro atoms. The molecule has 140 valence electrons. The van der Waals surface area contributed by atoms with Crippen LogP contribution in [0.25, 0.3) is 0 Å². The molecule has 0 bridgehead atoms. The second-order valence-electron chi connectivity index (χ2n) is 5.09. The molecule has 0 saturated heterocycles. The van der Waals surface area contributed by atoms with E-state index in [9.17, 15) is 18.5 Å². The number of nitrogens with zero attached hydrogens (tertiary/aromatic N) is 2. The van der Waals surface area contributed by atoms with Gasteiger partial charge in [0.15, 0.2) is 0 Å². The highest BCUT2D eigenvalue weighted by molar-refractivity contribution is 7.86. The third-order valence-electron chi connectivity index (χ3n) is 3.16. The Morgan fingerprint density at radius 3 is 2.50 bits per heavy atom. The number of pyridine rings is 1. The Labute approximate surface area is 150 Å². The van der Waals surface area contributed by atoms with Gasteiger partial charge in [-0.15, -0.1) is 0 Å². The summed E-state index contributed by atoms with van der Waals surface area (Å²) in [5, 5.41) is 10.9. The maximum Gasteiger partial charge on any atom is 0.406 e. The lowest BCUT2D eigenvalue weighted by atomic mass is 10.2. The van der Waals surface area contributed by atoms with Gasteiger partial charge in [0.25, 0.3) is 0 Å². The molecule has 0 amide bonds. The molecule has 0 aliphatic rings. The highest BCUT2D eigenvalue weighted by atomic mass is 32.2. The minimum absolute atomic E-state index is 0.00341. The Kier molecular flexibility index (Phi) is 6.47.